The largest absolute Gasteiger partial charge is 1.00 e. The van der Waals surface area contributed by atoms with Crippen LogP contribution in [0.2, 0.25) is 5.02 Å². The molecule has 0 radical (unpaired) electrons. The standard InChI is InChI=1S/C17H20ClNO2.ClH/c1-20-17-8-6-12(10-15(17)18)16-9-7-14(21-16)11-19-13-4-2-3-5-13;/h6-10,13,19H,2-5,11H2,1H3;1H/p-1. The lowest BCUT2D eigenvalue weighted by Gasteiger charge is -2.09. The zero-order valence-electron chi connectivity index (χ0n) is 12.6. The molecule has 120 valence electrons. The lowest BCUT2D eigenvalue weighted by molar-refractivity contribution is -0.00000508. The topological polar surface area (TPSA) is 34.4 Å². The molecule has 0 aliphatic heterocycles. The molecule has 1 aliphatic rings. The van der Waals surface area contributed by atoms with Crippen LogP contribution in [-0.4, -0.2) is 13.2 Å². The molecule has 1 saturated carbocycles. The fourth-order valence-electron chi connectivity index (χ4n) is 2.82. The summed E-state index contributed by atoms with van der Waals surface area (Å²) < 4.78 is 11.1. The van der Waals surface area contributed by atoms with E-state index in [0.29, 0.717) is 16.8 Å². The van der Waals surface area contributed by atoms with Crippen molar-refractivity contribution in [2.75, 3.05) is 7.11 Å². The Balaban J connectivity index is 0.00000176. The molecule has 1 N–H and O–H groups in total. The number of ether oxygens (including phenoxy) is 1. The first-order valence-electron chi connectivity index (χ1n) is 7.42. The molecule has 3 rings (SSSR count). The maximum atomic E-state index is 6.15. The molecule has 0 saturated heterocycles. The van der Waals surface area contributed by atoms with Crippen molar-refractivity contribution >= 4 is 11.6 Å². The summed E-state index contributed by atoms with van der Waals surface area (Å²) in [6.07, 6.45) is 5.24. The van der Waals surface area contributed by atoms with Gasteiger partial charge in [0.15, 0.2) is 0 Å². The van der Waals surface area contributed by atoms with E-state index in [-0.39, 0.29) is 12.4 Å². The Morgan fingerprint density at radius 3 is 2.68 bits per heavy atom. The molecular weight excluding hydrogens is 321 g/mol. The highest BCUT2D eigenvalue weighted by atomic mass is 35.5. The molecule has 0 amide bonds. The van der Waals surface area contributed by atoms with E-state index < -0.39 is 0 Å². The molecule has 1 aromatic carbocycles. The second-order valence-electron chi connectivity index (χ2n) is 5.48. The Morgan fingerprint density at radius 2 is 2.00 bits per heavy atom. The summed E-state index contributed by atoms with van der Waals surface area (Å²) in [7, 11) is 1.61. The van der Waals surface area contributed by atoms with Gasteiger partial charge >= 0.3 is 0 Å². The molecule has 1 fully saturated rings. The molecule has 22 heavy (non-hydrogen) atoms. The number of halogens is 2. The zero-order chi connectivity index (χ0) is 14.7. The normalized spacial score (nSPS) is 14.8. The Labute approximate surface area is 142 Å². The summed E-state index contributed by atoms with van der Waals surface area (Å²) in [6, 6.07) is 10.3. The monoisotopic (exact) mass is 340 g/mol. The van der Waals surface area contributed by atoms with Crippen molar-refractivity contribution in [2.24, 2.45) is 0 Å². The molecule has 1 aliphatic carbocycles. The van der Waals surface area contributed by atoms with E-state index in [0.717, 1.165) is 23.6 Å². The van der Waals surface area contributed by atoms with Crippen LogP contribution in [0.1, 0.15) is 31.4 Å². The third-order valence-electron chi connectivity index (χ3n) is 4.02. The van der Waals surface area contributed by atoms with E-state index in [4.69, 9.17) is 20.8 Å². The van der Waals surface area contributed by atoms with Crippen LogP contribution < -0.4 is 22.5 Å². The Bertz CT molecular complexity index is 606. The molecule has 5 heteroatoms. The Kier molecular flexibility index (Phi) is 6.18. The fourth-order valence-corrected chi connectivity index (χ4v) is 3.08. The highest BCUT2D eigenvalue weighted by Crippen LogP contribution is 2.31. The summed E-state index contributed by atoms with van der Waals surface area (Å²) in [5, 5.41) is 4.15. The summed E-state index contributed by atoms with van der Waals surface area (Å²) in [5.41, 5.74) is 0.966. The molecule has 3 nitrogen and oxygen atoms in total. The number of hydrogen-bond donors (Lipinski definition) is 1. The quantitative estimate of drug-likeness (QED) is 0.898. The van der Waals surface area contributed by atoms with Crippen LogP contribution in [0.5, 0.6) is 5.75 Å². The van der Waals surface area contributed by atoms with Crippen LogP contribution in [-0.2, 0) is 6.54 Å². The molecule has 0 bridgehead atoms. The smallest absolute Gasteiger partial charge is 0.137 e. The van der Waals surface area contributed by atoms with Gasteiger partial charge in [0.1, 0.15) is 17.3 Å². The summed E-state index contributed by atoms with van der Waals surface area (Å²) in [4.78, 5) is 0. The highest BCUT2D eigenvalue weighted by Gasteiger charge is 2.15. The lowest BCUT2D eigenvalue weighted by atomic mass is 10.2. The van der Waals surface area contributed by atoms with E-state index in [1.54, 1.807) is 7.11 Å². The molecule has 0 atom stereocenters. The van der Waals surface area contributed by atoms with Crippen LogP contribution in [0, 0.1) is 0 Å². The van der Waals surface area contributed by atoms with Crippen molar-refractivity contribution < 1.29 is 21.6 Å². The molecule has 1 aromatic heterocycles. The van der Waals surface area contributed by atoms with E-state index in [1.165, 1.54) is 25.7 Å². The zero-order valence-corrected chi connectivity index (χ0v) is 14.1. The van der Waals surface area contributed by atoms with Crippen molar-refractivity contribution in [1.82, 2.24) is 5.32 Å². The predicted molar refractivity (Wildman–Crippen MR) is 84.8 cm³/mol. The molecule has 0 unspecified atom stereocenters. The predicted octanol–water partition coefficient (Wildman–Crippen LogP) is 1.64. The number of furan rings is 1. The first kappa shape index (κ1) is 17.2. The van der Waals surface area contributed by atoms with Gasteiger partial charge < -0.3 is 26.9 Å². The second-order valence-corrected chi connectivity index (χ2v) is 5.88. The minimum absolute atomic E-state index is 0. The summed E-state index contributed by atoms with van der Waals surface area (Å²) in [6.45, 7) is 0.786. The highest BCUT2D eigenvalue weighted by molar-refractivity contribution is 6.32. The van der Waals surface area contributed by atoms with Gasteiger partial charge in [-0.05, 0) is 43.2 Å². The van der Waals surface area contributed by atoms with Gasteiger partial charge in [-0.25, -0.2) is 0 Å². The van der Waals surface area contributed by atoms with Crippen molar-refractivity contribution in [1.29, 1.82) is 0 Å². The number of hydrogen-bond acceptors (Lipinski definition) is 3. The van der Waals surface area contributed by atoms with Gasteiger partial charge in [-0.2, -0.15) is 0 Å². The van der Waals surface area contributed by atoms with Gasteiger partial charge in [-0.15, -0.1) is 0 Å². The lowest BCUT2D eigenvalue weighted by Crippen LogP contribution is -3.00. The molecular formula is C17H20Cl2NO2-. The van der Waals surface area contributed by atoms with Gasteiger partial charge in [0.25, 0.3) is 0 Å². The van der Waals surface area contributed by atoms with Crippen molar-refractivity contribution in [2.45, 2.75) is 38.3 Å². The number of rotatable bonds is 5. The van der Waals surface area contributed by atoms with E-state index in [1.807, 2.05) is 30.3 Å². The Hall–Kier alpha value is -1.16. The second kappa shape index (κ2) is 7.91. The number of nitrogens with one attached hydrogen (secondary N) is 1. The fraction of sp³-hybridized carbons (Fsp3) is 0.412. The number of methoxy groups -OCH3 is 1. The molecule has 2 aromatic rings. The van der Waals surface area contributed by atoms with Gasteiger partial charge in [0, 0.05) is 11.6 Å². The average Bonchev–Trinajstić information content (AvgIpc) is 3.16. The van der Waals surface area contributed by atoms with Gasteiger partial charge in [-0.3, -0.25) is 0 Å². The molecule has 1 heterocycles. The van der Waals surface area contributed by atoms with Crippen LogP contribution >= 0.6 is 11.6 Å². The van der Waals surface area contributed by atoms with Crippen LogP contribution in [0.15, 0.2) is 34.7 Å². The third kappa shape index (κ3) is 3.97. The first-order valence-corrected chi connectivity index (χ1v) is 7.80. The summed E-state index contributed by atoms with van der Waals surface area (Å²) in [5.74, 6) is 2.47. The Morgan fingerprint density at radius 1 is 1.23 bits per heavy atom. The average molecular weight is 341 g/mol. The van der Waals surface area contributed by atoms with Crippen molar-refractivity contribution in [3.05, 3.63) is 41.1 Å². The maximum Gasteiger partial charge on any atom is 0.137 e. The van der Waals surface area contributed by atoms with E-state index in [9.17, 15) is 0 Å². The molecule has 0 spiro atoms. The number of benzene rings is 1. The van der Waals surface area contributed by atoms with Crippen LogP contribution in [0.25, 0.3) is 11.3 Å². The maximum absolute atomic E-state index is 6.15. The van der Waals surface area contributed by atoms with Gasteiger partial charge in [0.2, 0.25) is 0 Å². The van der Waals surface area contributed by atoms with Gasteiger partial charge in [0.05, 0.1) is 18.7 Å². The third-order valence-corrected chi connectivity index (χ3v) is 4.31. The first-order chi connectivity index (χ1) is 10.3. The van der Waals surface area contributed by atoms with Crippen molar-refractivity contribution in [3.63, 3.8) is 0 Å². The minimum Gasteiger partial charge on any atom is -1.00 e. The van der Waals surface area contributed by atoms with Crippen LogP contribution in [0.4, 0.5) is 0 Å². The summed E-state index contributed by atoms with van der Waals surface area (Å²) >= 11 is 6.15. The van der Waals surface area contributed by atoms with E-state index in [2.05, 4.69) is 5.32 Å². The van der Waals surface area contributed by atoms with Crippen molar-refractivity contribution in [3.8, 4) is 17.1 Å². The SMILES string of the molecule is COc1ccc(-c2ccc(CNC3CCCC3)o2)cc1Cl.[Cl-]. The van der Waals surface area contributed by atoms with E-state index >= 15 is 0 Å². The minimum atomic E-state index is 0. The van der Waals surface area contributed by atoms with Crippen LogP contribution in [0.3, 0.4) is 0 Å². The van der Waals surface area contributed by atoms with Gasteiger partial charge in [-0.1, -0.05) is 24.4 Å².